The smallest absolute Gasteiger partial charge is 0.166 e. The van der Waals surface area contributed by atoms with Gasteiger partial charge in [0.15, 0.2) is 11.6 Å². The number of halogens is 3. The van der Waals surface area contributed by atoms with Crippen molar-refractivity contribution in [2.24, 2.45) is 5.92 Å². The number of aliphatic hydroxyl groups is 1. The Morgan fingerprint density at radius 1 is 0.886 bits per heavy atom. The Balaban J connectivity index is 1.36. The molecule has 1 aliphatic rings. The van der Waals surface area contributed by atoms with Gasteiger partial charge in [-0.2, -0.15) is 0 Å². The molecular weight excluding hydrogens is 449 g/mol. The van der Waals surface area contributed by atoms with Crippen molar-refractivity contribution < 1.29 is 23.4 Å². The van der Waals surface area contributed by atoms with Crippen LogP contribution in [0.15, 0.2) is 54.6 Å². The summed E-state index contributed by atoms with van der Waals surface area (Å²) in [5.41, 5.74) is 2.61. The molecule has 35 heavy (non-hydrogen) atoms. The molecule has 0 heterocycles. The lowest BCUT2D eigenvalue weighted by Gasteiger charge is -2.29. The first-order valence-corrected chi connectivity index (χ1v) is 12.6. The third-order valence-corrected chi connectivity index (χ3v) is 7.42. The number of aromatic hydroxyl groups is 1. The molecule has 0 amide bonds. The summed E-state index contributed by atoms with van der Waals surface area (Å²) in [6.45, 7) is 2.00. The van der Waals surface area contributed by atoms with Crippen LogP contribution in [0.3, 0.4) is 0 Å². The maximum Gasteiger partial charge on any atom is 0.166 e. The Bertz CT molecular complexity index is 1140. The second kappa shape index (κ2) is 11.3. The highest BCUT2D eigenvalue weighted by Gasteiger charge is 2.25. The van der Waals surface area contributed by atoms with Gasteiger partial charge in [0, 0.05) is 11.6 Å². The minimum Gasteiger partial charge on any atom is -0.508 e. The summed E-state index contributed by atoms with van der Waals surface area (Å²) in [6.07, 6.45) is 5.75. The molecule has 3 aromatic carbocycles. The molecule has 3 aromatic rings. The zero-order valence-electron chi connectivity index (χ0n) is 20.1. The van der Waals surface area contributed by atoms with Crippen LogP contribution in [0.5, 0.6) is 5.75 Å². The first kappa shape index (κ1) is 25.3. The first-order chi connectivity index (χ1) is 16.9. The van der Waals surface area contributed by atoms with Gasteiger partial charge < -0.3 is 10.2 Å². The second-order valence-electron chi connectivity index (χ2n) is 9.79. The van der Waals surface area contributed by atoms with Crippen LogP contribution in [-0.2, 0) is 6.42 Å². The average Bonchev–Trinajstić information content (AvgIpc) is 2.86. The molecule has 2 nitrogen and oxygen atoms in total. The van der Waals surface area contributed by atoms with Gasteiger partial charge in [-0.15, -0.1) is 0 Å². The van der Waals surface area contributed by atoms with E-state index in [2.05, 4.69) is 0 Å². The van der Waals surface area contributed by atoms with Crippen LogP contribution in [-0.4, -0.2) is 10.2 Å². The fraction of sp³-hybridized carbons (Fsp3) is 0.400. The van der Waals surface area contributed by atoms with E-state index in [4.69, 9.17) is 0 Å². The maximum absolute atomic E-state index is 14.9. The van der Waals surface area contributed by atoms with Crippen molar-refractivity contribution in [3.8, 4) is 16.9 Å². The van der Waals surface area contributed by atoms with E-state index < -0.39 is 17.7 Å². The van der Waals surface area contributed by atoms with Crippen LogP contribution >= 0.6 is 0 Å². The average molecular weight is 483 g/mol. The summed E-state index contributed by atoms with van der Waals surface area (Å²) in [6, 6.07) is 14.6. The molecule has 0 radical (unpaired) electrons. The van der Waals surface area contributed by atoms with Gasteiger partial charge in [-0.3, -0.25) is 0 Å². The van der Waals surface area contributed by atoms with Crippen molar-refractivity contribution in [2.45, 2.75) is 70.3 Å². The van der Waals surface area contributed by atoms with E-state index in [1.807, 2.05) is 6.92 Å². The third kappa shape index (κ3) is 5.90. The zero-order valence-corrected chi connectivity index (χ0v) is 20.1. The lowest BCUT2D eigenvalue weighted by Crippen LogP contribution is -2.15. The molecule has 1 aliphatic carbocycles. The lowest BCUT2D eigenvalue weighted by molar-refractivity contribution is 0.166. The minimum atomic E-state index is -0.837. The quantitative estimate of drug-likeness (QED) is 0.340. The third-order valence-electron chi connectivity index (χ3n) is 7.42. The number of rotatable bonds is 8. The van der Waals surface area contributed by atoms with Crippen LogP contribution in [0.2, 0.25) is 0 Å². The fourth-order valence-electron chi connectivity index (χ4n) is 5.30. The molecule has 1 atom stereocenters. The molecule has 0 aliphatic heterocycles. The number of benzene rings is 3. The summed E-state index contributed by atoms with van der Waals surface area (Å²) in [4.78, 5) is 0. The molecule has 186 valence electrons. The van der Waals surface area contributed by atoms with Gasteiger partial charge in [-0.25, -0.2) is 13.2 Å². The van der Waals surface area contributed by atoms with Crippen LogP contribution in [0.1, 0.15) is 80.6 Å². The number of phenolic OH excluding ortho intramolecular Hbond substituents is 1. The Labute approximate surface area is 205 Å². The number of aliphatic hydroxyl groups excluding tert-OH is 1. The lowest BCUT2D eigenvalue weighted by atomic mass is 9.76. The monoisotopic (exact) mass is 482 g/mol. The SMILES string of the molecule is CCCC(O)c1ccc(-c2ccc(CCC3CCC(c4ccc(O)cc4F)CC3)c(F)c2F)cc1. The molecular formula is C30H33F3O2. The summed E-state index contributed by atoms with van der Waals surface area (Å²) in [5.74, 6) is -1.53. The topological polar surface area (TPSA) is 40.5 Å². The van der Waals surface area contributed by atoms with Gasteiger partial charge in [0.1, 0.15) is 11.6 Å². The van der Waals surface area contributed by atoms with Gasteiger partial charge in [0.2, 0.25) is 0 Å². The van der Waals surface area contributed by atoms with Crippen molar-refractivity contribution >= 4 is 0 Å². The number of aryl methyl sites for hydroxylation is 1. The summed E-state index contributed by atoms with van der Waals surface area (Å²) in [5, 5.41) is 19.5. The van der Waals surface area contributed by atoms with Crippen LogP contribution in [0.4, 0.5) is 13.2 Å². The number of hydrogen-bond acceptors (Lipinski definition) is 2. The Hall–Kier alpha value is -2.79. The van der Waals surface area contributed by atoms with Crippen molar-refractivity contribution in [1.82, 2.24) is 0 Å². The van der Waals surface area contributed by atoms with Crippen molar-refractivity contribution in [2.75, 3.05) is 0 Å². The van der Waals surface area contributed by atoms with E-state index in [0.29, 0.717) is 35.4 Å². The van der Waals surface area contributed by atoms with Crippen molar-refractivity contribution in [3.05, 3.63) is 88.7 Å². The van der Waals surface area contributed by atoms with E-state index in [-0.39, 0.29) is 23.0 Å². The summed E-state index contributed by atoms with van der Waals surface area (Å²) in [7, 11) is 0. The van der Waals surface area contributed by atoms with E-state index in [1.165, 1.54) is 6.07 Å². The van der Waals surface area contributed by atoms with E-state index >= 15 is 0 Å². The Morgan fingerprint density at radius 2 is 1.60 bits per heavy atom. The summed E-state index contributed by atoms with van der Waals surface area (Å²) >= 11 is 0. The van der Waals surface area contributed by atoms with Gasteiger partial charge in [-0.1, -0.05) is 55.8 Å². The van der Waals surface area contributed by atoms with Gasteiger partial charge >= 0.3 is 0 Å². The predicted molar refractivity (Wildman–Crippen MR) is 133 cm³/mol. The molecule has 1 unspecified atom stereocenters. The second-order valence-corrected chi connectivity index (χ2v) is 9.79. The van der Waals surface area contributed by atoms with Gasteiger partial charge in [0.05, 0.1) is 6.10 Å². The Kier molecular flexibility index (Phi) is 8.17. The molecule has 0 saturated heterocycles. The van der Waals surface area contributed by atoms with Crippen LogP contribution < -0.4 is 0 Å². The molecule has 1 fully saturated rings. The van der Waals surface area contributed by atoms with Gasteiger partial charge in [-0.05, 0) is 85.1 Å². The largest absolute Gasteiger partial charge is 0.508 e. The normalized spacial score (nSPS) is 19.0. The molecule has 1 saturated carbocycles. The molecule has 4 rings (SSSR count). The standard InChI is InChI=1S/C30H33F3O2/c1-2-3-28(35)22-12-10-21(11-13-22)26-16-14-23(29(32)30(26)33)9-6-19-4-7-20(8-5-19)25-17-15-24(34)18-27(25)31/h10-20,28,34-35H,2-9H2,1H3. The van der Waals surface area contributed by atoms with E-state index in [0.717, 1.165) is 50.2 Å². The highest BCUT2D eigenvalue weighted by Crippen LogP contribution is 2.39. The van der Waals surface area contributed by atoms with Crippen molar-refractivity contribution in [3.63, 3.8) is 0 Å². The van der Waals surface area contributed by atoms with Crippen LogP contribution in [0, 0.1) is 23.4 Å². The first-order valence-electron chi connectivity index (χ1n) is 12.6. The highest BCUT2D eigenvalue weighted by molar-refractivity contribution is 5.65. The van der Waals surface area contributed by atoms with E-state index in [9.17, 15) is 23.4 Å². The highest BCUT2D eigenvalue weighted by atomic mass is 19.2. The van der Waals surface area contributed by atoms with Crippen LogP contribution in [0.25, 0.3) is 11.1 Å². The van der Waals surface area contributed by atoms with E-state index in [1.54, 1.807) is 42.5 Å². The Morgan fingerprint density at radius 3 is 2.26 bits per heavy atom. The fourth-order valence-corrected chi connectivity index (χ4v) is 5.30. The molecule has 5 heteroatoms. The molecule has 0 bridgehead atoms. The number of phenols is 1. The van der Waals surface area contributed by atoms with Gasteiger partial charge in [0.25, 0.3) is 0 Å². The molecule has 2 N–H and O–H groups in total. The molecule has 0 aromatic heterocycles. The maximum atomic E-state index is 14.9. The number of hydrogen-bond donors (Lipinski definition) is 2. The minimum absolute atomic E-state index is 0.0667. The predicted octanol–water partition coefficient (Wildman–Crippen LogP) is 8.22. The zero-order chi connectivity index (χ0) is 24.9. The van der Waals surface area contributed by atoms with Crippen molar-refractivity contribution in [1.29, 1.82) is 0 Å². The summed E-state index contributed by atoms with van der Waals surface area (Å²) < 4.78 is 44.0. The molecule has 0 spiro atoms.